The summed E-state index contributed by atoms with van der Waals surface area (Å²) in [6, 6.07) is 1.71. The van der Waals surface area contributed by atoms with Gasteiger partial charge in [-0.25, -0.2) is 9.78 Å². The molecule has 0 saturated carbocycles. The van der Waals surface area contributed by atoms with Crippen LogP contribution in [-0.2, 0) is 9.53 Å². The largest absolute Gasteiger partial charge is 0.462 e. The number of rotatable bonds is 5. The smallest absolute Gasteiger partial charge is 0.363 e. The monoisotopic (exact) mass is 324 g/mol. The summed E-state index contributed by atoms with van der Waals surface area (Å²) in [6.45, 7) is 10.8. The van der Waals surface area contributed by atoms with E-state index in [1.807, 2.05) is 25.7 Å². The van der Waals surface area contributed by atoms with E-state index in [4.69, 9.17) is 21.1 Å². The van der Waals surface area contributed by atoms with E-state index < -0.39 is 17.8 Å². The van der Waals surface area contributed by atoms with Gasteiger partial charge in [-0.1, -0.05) is 24.3 Å². The minimum atomic E-state index is -0.770. The lowest BCUT2D eigenvalue weighted by atomic mass is 10.2. The lowest BCUT2D eigenvalue weighted by molar-refractivity contribution is -0.176. The average molecular weight is 325 g/mol. The Balaban J connectivity index is 2.16. The molecule has 5 nitrogen and oxygen atoms in total. The maximum atomic E-state index is 12.4. The highest BCUT2D eigenvalue weighted by Gasteiger charge is 2.35. The van der Waals surface area contributed by atoms with Gasteiger partial charge in [0, 0.05) is 18.7 Å². The molecular weight excluding hydrogens is 304 g/mol. The van der Waals surface area contributed by atoms with E-state index in [2.05, 4.69) is 11.6 Å². The fourth-order valence-electron chi connectivity index (χ4n) is 1.98. The molecule has 0 radical (unpaired) electrons. The molecule has 1 aromatic heterocycles. The quantitative estimate of drug-likeness (QED) is 0.615. The van der Waals surface area contributed by atoms with Gasteiger partial charge in [-0.2, -0.15) is 0 Å². The van der Waals surface area contributed by atoms with Crippen molar-refractivity contribution >= 4 is 23.6 Å². The predicted octanol–water partition coefficient (Wildman–Crippen LogP) is 3.13. The highest BCUT2D eigenvalue weighted by atomic mass is 35.5. The van der Waals surface area contributed by atoms with Crippen LogP contribution in [0.1, 0.15) is 32.8 Å². The van der Waals surface area contributed by atoms with Gasteiger partial charge < -0.3 is 9.47 Å². The first-order chi connectivity index (χ1) is 10.3. The lowest BCUT2D eigenvalue weighted by Gasteiger charge is -2.37. The number of ether oxygens (including phenoxy) is 2. The molecule has 1 aromatic rings. The fourth-order valence-corrected chi connectivity index (χ4v) is 2.16. The summed E-state index contributed by atoms with van der Waals surface area (Å²) in [7, 11) is 0. The van der Waals surface area contributed by atoms with Crippen molar-refractivity contribution in [2.45, 2.75) is 39.0 Å². The van der Waals surface area contributed by atoms with Gasteiger partial charge in [-0.05, 0) is 33.3 Å². The van der Waals surface area contributed by atoms with Crippen LogP contribution in [0.4, 0.5) is 0 Å². The van der Waals surface area contributed by atoms with Crippen LogP contribution >= 0.6 is 11.6 Å². The Kier molecular flexibility index (Phi) is 5.08. The van der Waals surface area contributed by atoms with Crippen LogP contribution in [-0.4, -0.2) is 40.8 Å². The molecule has 6 heteroatoms. The van der Waals surface area contributed by atoms with Gasteiger partial charge in [0.25, 0.3) is 6.23 Å². The summed E-state index contributed by atoms with van der Waals surface area (Å²) in [5.41, 5.74) is 0.0966. The Morgan fingerprint density at radius 2 is 2.18 bits per heavy atom. The van der Waals surface area contributed by atoms with Crippen molar-refractivity contribution < 1.29 is 14.3 Å². The average Bonchev–Trinajstić information content (AvgIpc) is 2.36. The van der Waals surface area contributed by atoms with Crippen molar-refractivity contribution in [3.8, 4) is 5.75 Å². The van der Waals surface area contributed by atoms with Gasteiger partial charge in [0.2, 0.25) is 0 Å². The molecule has 0 spiro atoms. The second kappa shape index (κ2) is 6.67. The van der Waals surface area contributed by atoms with Crippen molar-refractivity contribution in [3.63, 3.8) is 0 Å². The summed E-state index contributed by atoms with van der Waals surface area (Å²) in [6.07, 6.45) is 3.36. The van der Waals surface area contributed by atoms with Crippen LogP contribution in [0.25, 0.3) is 6.08 Å². The van der Waals surface area contributed by atoms with Crippen molar-refractivity contribution in [3.05, 3.63) is 29.6 Å². The van der Waals surface area contributed by atoms with Crippen LogP contribution in [0.2, 0.25) is 5.15 Å². The number of pyridine rings is 1. The standard InChI is InChI=1S/C16H21ClN2O3/c1-5-11-9-12(10-18-13(11)17)21-14(19-7-6-8-19)15(20)22-16(2,3)4/h5,9-10,14H,1,6-8H2,2-4H3. The molecule has 0 bridgehead atoms. The Morgan fingerprint density at radius 1 is 1.50 bits per heavy atom. The Bertz CT molecular complexity index is 565. The van der Waals surface area contributed by atoms with E-state index in [1.165, 1.54) is 6.20 Å². The Labute approximate surface area is 135 Å². The maximum Gasteiger partial charge on any atom is 0.363 e. The number of hydrogen-bond donors (Lipinski definition) is 0. The van der Waals surface area contributed by atoms with Gasteiger partial charge in [0.15, 0.2) is 0 Å². The molecule has 0 aromatic carbocycles. The SMILES string of the molecule is C=Cc1cc(OC(C(=O)OC(C)(C)C)N2CCC2)cnc1Cl. The highest BCUT2D eigenvalue weighted by molar-refractivity contribution is 6.30. The maximum absolute atomic E-state index is 12.4. The fraction of sp³-hybridized carbons (Fsp3) is 0.500. The van der Waals surface area contributed by atoms with E-state index >= 15 is 0 Å². The molecular formula is C16H21ClN2O3. The molecule has 0 amide bonds. The van der Waals surface area contributed by atoms with E-state index in [0.717, 1.165) is 19.5 Å². The first-order valence-electron chi connectivity index (χ1n) is 7.22. The van der Waals surface area contributed by atoms with Gasteiger partial charge in [-0.3, -0.25) is 4.90 Å². The van der Waals surface area contributed by atoms with E-state index in [9.17, 15) is 4.79 Å². The Hall–Kier alpha value is -1.59. The molecule has 1 aliphatic heterocycles. The van der Waals surface area contributed by atoms with E-state index in [1.54, 1.807) is 12.1 Å². The van der Waals surface area contributed by atoms with Gasteiger partial charge >= 0.3 is 5.97 Å². The minimum absolute atomic E-state index is 0.347. The number of halogens is 1. The third-order valence-corrected chi connectivity index (χ3v) is 3.46. The molecule has 2 heterocycles. The summed E-state index contributed by atoms with van der Waals surface area (Å²) in [5.74, 6) is 0.0596. The lowest BCUT2D eigenvalue weighted by Crippen LogP contribution is -2.53. The summed E-state index contributed by atoms with van der Waals surface area (Å²) in [5, 5.41) is 0.347. The summed E-state index contributed by atoms with van der Waals surface area (Å²) >= 11 is 5.94. The molecule has 1 atom stereocenters. The number of carbonyl (C=O) groups is 1. The molecule has 1 aliphatic rings. The number of aromatic nitrogens is 1. The number of likely N-dealkylation sites (tertiary alicyclic amines) is 1. The van der Waals surface area contributed by atoms with Crippen molar-refractivity contribution in [1.29, 1.82) is 0 Å². The minimum Gasteiger partial charge on any atom is -0.462 e. The van der Waals surface area contributed by atoms with Gasteiger partial charge in [0.1, 0.15) is 16.5 Å². The van der Waals surface area contributed by atoms with Crippen molar-refractivity contribution in [2.75, 3.05) is 13.1 Å². The summed E-state index contributed by atoms with van der Waals surface area (Å²) in [4.78, 5) is 18.3. The number of esters is 1. The number of nitrogens with zero attached hydrogens (tertiary/aromatic N) is 2. The van der Waals surface area contributed by atoms with Crippen LogP contribution in [0.3, 0.4) is 0 Å². The molecule has 1 fully saturated rings. The Morgan fingerprint density at radius 3 is 2.68 bits per heavy atom. The molecule has 0 aliphatic carbocycles. The van der Waals surface area contributed by atoms with Crippen molar-refractivity contribution in [2.24, 2.45) is 0 Å². The first-order valence-corrected chi connectivity index (χ1v) is 7.59. The van der Waals surface area contributed by atoms with Crippen LogP contribution in [0.15, 0.2) is 18.8 Å². The van der Waals surface area contributed by atoms with Gasteiger partial charge in [-0.15, -0.1) is 0 Å². The second-order valence-corrected chi connectivity index (χ2v) is 6.51. The van der Waals surface area contributed by atoms with E-state index in [0.29, 0.717) is 16.5 Å². The number of hydrogen-bond acceptors (Lipinski definition) is 5. The molecule has 22 heavy (non-hydrogen) atoms. The zero-order chi connectivity index (χ0) is 16.3. The zero-order valence-corrected chi connectivity index (χ0v) is 13.9. The highest BCUT2D eigenvalue weighted by Crippen LogP contribution is 2.24. The zero-order valence-electron chi connectivity index (χ0n) is 13.1. The van der Waals surface area contributed by atoms with Crippen LogP contribution in [0, 0.1) is 0 Å². The normalized spacial score (nSPS) is 16.5. The van der Waals surface area contributed by atoms with Crippen LogP contribution in [0.5, 0.6) is 5.75 Å². The number of carbonyl (C=O) groups excluding carboxylic acids is 1. The third kappa shape index (κ3) is 4.21. The molecule has 2 rings (SSSR count). The molecule has 1 unspecified atom stereocenters. The molecule has 120 valence electrons. The van der Waals surface area contributed by atoms with Gasteiger partial charge in [0.05, 0.1) is 6.20 Å². The topological polar surface area (TPSA) is 51.7 Å². The van der Waals surface area contributed by atoms with Crippen molar-refractivity contribution in [1.82, 2.24) is 9.88 Å². The van der Waals surface area contributed by atoms with E-state index in [-0.39, 0.29) is 0 Å². The van der Waals surface area contributed by atoms with Crippen LogP contribution < -0.4 is 4.74 Å². The summed E-state index contributed by atoms with van der Waals surface area (Å²) < 4.78 is 11.2. The first kappa shape index (κ1) is 16.8. The second-order valence-electron chi connectivity index (χ2n) is 6.15. The third-order valence-electron chi connectivity index (χ3n) is 3.14. The molecule has 1 saturated heterocycles. The predicted molar refractivity (Wildman–Crippen MR) is 85.8 cm³/mol. The molecule has 0 N–H and O–H groups in total.